The van der Waals surface area contributed by atoms with Gasteiger partial charge in [-0.05, 0) is 42.7 Å². The highest BCUT2D eigenvalue weighted by Crippen LogP contribution is 2.48. The van der Waals surface area contributed by atoms with E-state index in [0.717, 1.165) is 6.26 Å². The molecule has 1 amide bonds. The lowest BCUT2D eigenvalue weighted by Crippen LogP contribution is -2.50. The van der Waals surface area contributed by atoms with Crippen LogP contribution in [0.15, 0.2) is 42.6 Å². The maximum Gasteiger partial charge on any atom is 0.256 e. The van der Waals surface area contributed by atoms with Crippen molar-refractivity contribution >= 4 is 26.8 Å². The van der Waals surface area contributed by atoms with Gasteiger partial charge in [0.05, 0.1) is 28.8 Å². The van der Waals surface area contributed by atoms with Gasteiger partial charge in [0.1, 0.15) is 11.6 Å². The number of halogens is 2. The number of pyridine rings is 1. The zero-order valence-corrected chi connectivity index (χ0v) is 19.8. The van der Waals surface area contributed by atoms with Crippen LogP contribution < -0.4 is 0 Å². The predicted molar refractivity (Wildman–Crippen MR) is 126 cm³/mol. The van der Waals surface area contributed by atoms with Gasteiger partial charge in [-0.15, -0.1) is 0 Å². The molecule has 2 heterocycles. The highest BCUT2D eigenvalue weighted by atomic mass is 32.2. The van der Waals surface area contributed by atoms with E-state index in [1.165, 1.54) is 45.7 Å². The predicted octanol–water partition coefficient (Wildman–Crippen LogP) is 3.45. The van der Waals surface area contributed by atoms with E-state index >= 15 is 4.39 Å². The maximum atomic E-state index is 15.5. The Morgan fingerprint density at radius 3 is 2.40 bits per heavy atom. The van der Waals surface area contributed by atoms with Crippen LogP contribution in [0.2, 0.25) is 0 Å². The van der Waals surface area contributed by atoms with Crippen LogP contribution in [0, 0.1) is 23.0 Å². The summed E-state index contributed by atoms with van der Waals surface area (Å²) in [4.78, 5) is 19.3. The molecule has 0 N–H and O–H groups in total. The van der Waals surface area contributed by atoms with Crippen LogP contribution in [0.1, 0.15) is 28.8 Å². The van der Waals surface area contributed by atoms with E-state index in [-0.39, 0.29) is 42.9 Å². The van der Waals surface area contributed by atoms with Crippen LogP contribution >= 0.6 is 0 Å². The van der Waals surface area contributed by atoms with E-state index in [4.69, 9.17) is 0 Å². The molecule has 3 aromatic rings. The van der Waals surface area contributed by atoms with Crippen LogP contribution in [0.4, 0.5) is 8.78 Å². The molecule has 1 aliphatic heterocycles. The number of hydrogen-bond acceptors (Lipinski definition) is 5. The Hall–Kier alpha value is -3.42. The fourth-order valence-electron chi connectivity index (χ4n) is 4.62. The number of fused-ring (bicyclic) bond motifs is 1. The van der Waals surface area contributed by atoms with E-state index in [9.17, 15) is 22.9 Å². The molecule has 1 aliphatic carbocycles. The van der Waals surface area contributed by atoms with Crippen LogP contribution in [0.25, 0.3) is 22.0 Å². The summed E-state index contributed by atoms with van der Waals surface area (Å²) in [6.45, 7) is 0.626. The van der Waals surface area contributed by atoms with Gasteiger partial charge in [-0.2, -0.15) is 9.57 Å². The molecule has 5 rings (SSSR count). The van der Waals surface area contributed by atoms with Crippen LogP contribution in [-0.2, 0) is 15.4 Å². The minimum absolute atomic E-state index is 0.101. The van der Waals surface area contributed by atoms with Crippen molar-refractivity contribution in [3.63, 3.8) is 0 Å². The molecular formula is C25H22F2N4O3S. The summed E-state index contributed by atoms with van der Waals surface area (Å²) in [6.07, 6.45) is 3.80. The van der Waals surface area contributed by atoms with Gasteiger partial charge in [0.25, 0.3) is 5.91 Å². The number of rotatable bonds is 4. The van der Waals surface area contributed by atoms with Gasteiger partial charge >= 0.3 is 0 Å². The molecule has 7 nitrogen and oxygen atoms in total. The number of carbonyl (C=O) groups excluding carboxylic acids is 1. The van der Waals surface area contributed by atoms with Crippen molar-refractivity contribution < 1.29 is 22.0 Å². The quantitative estimate of drug-likeness (QED) is 0.552. The Morgan fingerprint density at radius 2 is 1.80 bits per heavy atom. The molecule has 0 atom stereocenters. The van der Waals surface area contributed by atoms with Crippen molar-refractivity contribution in [1.29, 1.82) is 5.26 Å². The first kappa shape index (κ1) is 23.3. The Kier molecular flexibility index (Phi) is 5.57. The number of amides is 1. The highest BCUT2D eigenvalue weighted by molar-refractivity contribution is 7.88. The first-order valence-corrected chi connectivity index (χ1v) is 13.0. The number of nitrogens with zero attached hydrogens (tertiary/aromatic N) is 4. The summed E-state index contributed by atoms with van der Waals surface area (Å²) < 4.78 is 54.7. The van der Waals surface area contributed by atoms with Crippen molar-refractivity contribution in [3.05, 3.63) is 65.4 Å². The number of sulfonamides is 1. The lowest BCUT2D eigenvalue weighted by Gasteiger charge is -2.33. The Bertz CT molecular complexity index is 1510. The molecule has 1 saturated carbocycles. The van der Waals surface area contributed by atoms with Crippen molar-refractivity contribution in [2.75, 3.05) is 32.4 Å². The van der Waals surface area contributed by atoms with E-state index in [1.807, 2.05) is 0 Å². The Labute approximate surface area is 201 Å². The summed E-state index contributed by atoms with van der Waals surface area (Å²) in [5.74, 6) is -1.60. The van der Waals surface area contributed by atoms with E-state index in [1.54, 1.807) is 6.07 Å². The lowest BCUT2D eigenvalue weighted by atomic mass is 9.91. The van der Waals surface area contributed by atoms with Crippen molar-refractivity contribution in [2.24, 2.45) is 0 Å². The topological polar surface area (TPSA) is 94.4 Å². The zero-order valence-electron chi connectivity index (χ0n) is 19.0. The van der Waals surface area contributed by atoms with Crippen LogP contribution in [0.3, 0.4) is 0 Å². The molecule has 0 bridgehead atoms. The molecule has 2 aliphatic rings. The third kappa shape index (κ3) is 4.15. The number of aromatic nitrogens is 1. The van der Waals surface area contributed by atoms with Gasteiger partial charge in [0, 0.05) is 48.9 Å². The molecule has 1 aromatic heterocycles. The Morgan fingerprint density at radius 1 is 1.09 bits per heavy atom. The molecule has 1 saturated heterocycles. The second-order valence-electron chi connectivity index (χ2n) is 9.05. The third-order valence-corrected chi connectivity index (χ3v) is 8.11. The molecule has 2 fully saturated rings. The average Bonchev–Trinajstić information content (AvgIpc) is 3.64. The first-order chi connectivity index (χ1) is 16.6. The normalized spacial score (nSPS) is 17.8. The summed E-state index contributed by atoms with van der Waals surface area (Å²) >= 11 is 0. The van der Waals surface area contributed by atoms with E-state index < -0.39 is 33.0 Å². The number of hydrogen-bond donors (Lipinski definition) is 0. The lowest BCUT2D eigenvalue weighted by molar-refractivity contribution is 0.0699. The molecule has 0 radical (unpaired) electrons. The molecule has 180 valence electrons. The smallest absolute Gasteiger partial charge is 0.256 e. The zero-order chi connectivity index (χ0) is 25.0. The third-order valence-electron chi connectivity index (χ3n) is 6.81. The molecule has 10 heteroatoms. The molecule has 0 unspecified atom stereocenters. The number of carbonyl (C=O) groups is 1. The van der Waals surface area contributed by atoms with E-state index in [2.05, 4.69) is 11.1 Å². The fraction of sp³-hybridized carbons (Fsp3) is 0.320. The second-order valence-corrected chi connectivity index (χ2v) is 11.0. The van der Waals surface area contributed by atoms with E-state index in [0.29, 0.717) is 29.3 Å². The second kappa shape index (κ2) is 8.36. The summed E-state index contributed by atoms with van der Waals surface area (Å²) in [7, 11) is -3.37. The summed E-state index contributed by atoms with van der Waals surface area (Å²) in [5.41, 5.74) is 0.733. The van der Waals surface area contributed by atoms with Gasteiger partial charge in [0.2, 0.25) is 10.0 Å². The van der Waals surface area contributed by atoms with Gasteiger partial charge in [0.15, 0.2) is 0 Å². The van der Waals surface area contributed by atoms with Gasteiger partial charge in [-0.25, -0.2) is 17.2 Å². The summed E-state index contributed by atoms with van der Waals surface area (Å²) in [5, 5.41) is 9.77. The van der Waals surface area contributed by atoms with Crippen LogP contribution in [-0.4, -0.2) is 60.9 Å². The minimum Gasteiger partial charge on any atom is -0.336 e. The molecular weight excluding hydrogens is 474 g/mol. The molecule has 35 heavy (non-hydrogen) atoms. The van der Waals surface area contributed by atoms with Crippen LogP contribution in [0.5, 0.6) is 0 Å². The van der Waals surface area contributed by atoms with Gasteiger partial charge in [-0.3, -0.25) is 9.78 Å². The first-order valence-electron chi connectivity index (χ1n) is 11.2. The van der Waals surface area contributed by atoms with Gasteiger partial charge < -0.3 is 4.90 Å². The molecule has 0 spiro atoms. The molecule has 2 aromatic carbocycles. The minimum atomic E-state index is -3.37. The number of piperazine rings is 1. The largest absolute Gasteiger partial charge is 0.336 e. The Balaban J connectivity index is 1.60. The van der Waals surface area contributed by atoms with Crippen molar-refractivity contribution in [1.82, 2.24) is 14.2 Å². The number of nitriles is 1. The fourth-order valence-corrected chi connectivity index (χ4v) is 5.44. The maximum absolute atomic E-state index is 15.5. The van der Waals surface area contributed by atoms with Crippen molar-refractivity contribution in [2.45, 2.75) is 18.3 Å². The van der Waals surface area contributed by atoms with Crippen molar-refractivity contribution in [3.8, 4) is 17.2 Å². The standard InChI is InChI=1S/C25H22F2N4O3S/c1-35(33,34)31-10-8-30(9-11-31)24(32)20-14-29-22-5-3-17(26)13-19(22)23(20)18-4-2-16(12-21(18)27)25(15-28)6-7-25/h2-5,12-14H,6-11H2,1H3. The SMILES string of the molecule is CS(=O)(=O)N1CCN(C(=O)c2cnc3ccc(F)cc3c2-c2ccc(C3(C#N)CC3)cc2F)CC1. The monoisotopic (exact) mass is 496 g/mol. The average molecular weight is 497 g/mol. The highest BCUT2D eigenvalue weighted by Gasteiger charge is 2.45. The van der Waals surface area contributed by atoms with Gasteiger partial charge in [-0.1, -0.05) is 12.1 Å². The summed E-state index contributed by atoms with van der Waals surface area (Å²) in [6, 6.07) is 10.7. The number of benzene rings is 2.